The van der Waals surface area contributed by atoms with Gasteiger partial charge in [-0.3, -0.25) is 4.98 Å². The summed E-state index contributed by atoms with van der Waals surface area (Å²) in [4.78, 5) is 15.9. The van der Waals surface area contributed by atoms with Gasteiger partial charge in [-0.15, -0.1) is 0 Å². The molecule has 3 rings (SSSR count). The van der Waals surface area contributed by atoms with Crippen molar-refractivity contribution >= 4 is 16.9 Å². The van der Waals surface area contributed by atoms with Gasteiger partial charge in [0.05, 0.1) is 12.1 Å². The quantitative estimate of drug-likeness (QED) is 0.662. The molecule has 1 N–H and O–H groups in total. The highest BCUT2D eigenvalue weighted by atomic mass is 16.5. The largest absolute Gasteiger partial charge is 0.489 e. The first kappa shape index (κ1) is 17.9. The Labute approximate surface area is 152 Å². The molecule has 0 saturated carbocycles. The number of hydrogen-bond acceptors (Lipinski definition) is 5. The molecule has 2 aromatic carbocycles. The highest BCUT2D eigenvalue weighted by Crippen LogP contribution is 2.21. The van der Waals surface area contributed by atoms with Gasteiger partial charge in [0.1, 0.15) is 12.4 Å². The molecule has 26 heavy (non-hydrogen) atoms. The molecule has 5 heteroatoms. The smallest absolute Gasteiger partial charge is 0.335 e. The number of ether oxygens (including phenoxy) is 2. The predicted molar refractivity (Wildman–Crippen MR) is 98.9 cm³/mol. The maximum absolute atomic E-state index is 11.5. The van der Waals surface area contributed by atoms with E-state index in [-0.39, 0.29) is 13.0 Å². The lowest BCUT2D eigenvalue weighted by Crippen LogP contribution is -2.25. The topological polar surface area (TPSA) is 68.7 Å². The van der Waals surface area contributed by atoms with Gasteiger partial charge in [-0.05, 0) is 36.2 Å². The van der Waals surface area contributed by atoms with Crippen molar-refractivity contribution in [3.05, 3.63) is 71.9 Å². The molecule has 0 radical (unpaired) electrons. The van der Waals surface area contributed by atoms with Crippen molar-refractivity contribution in [1.82, 2.24) is 4.98 Å². The fourth-order valence-corrected chi connectivity index (χ4v) is 2.63. The molecule has 0 aliphatic heterocycles. The van der Waals surface area contributed by atoms with Crippen LogP contribution in [0.15, 0.2) is 60.8 Å². The number of nitrogens with zero attached hydrogens (tertiary/aromatic N) is 1. The molecule has 3 aromatic rings. The first-order valence-corrected chi connectivity index (χ1v) is 8.56. The Morgan fingerprint density at radius 1 is 1.12 bits per heavy atom. The Morgan fingerprint density at radius 2 is 1.92 bits per heavy atom. The number of benzene rings is 2. The third-order valence-corrected chi connectivity index (χ3v) is 3.95. The van der Waals surface area contributed by atoms with Gasteiger partial charge >= 0.3 is 5.97 Å². The number of aliphatic hydroxyl groups is 1. The van der Waals surface area contributed by atoms with Crippen LogP contribution in [0.2, 0.25) is 0 Å². The van der Waals surface area contributed by atoms with Crippen molar-refractivity contribution in [3.8, 4) is 5.75 Å². The van der Waals surface area contributed by atoms with Gasteiger partial charge in [0.15, 0.2) is 6.10 Å². The number of hydrogen-bond donors (Lipinski definition) is 1. The SMILES string of the molecule is CCOC(=O)C(O)Cc1cnc2cc(OCc3ccccc3)ccc2c1. The summed E-state index contributed by atoms with van der Waals surface area (Å²) in [7, 11) is 0. The Bertz CT molecular complexity index is 880. The maximum atomic E-state index is 11.5. The molecule has 1 heterocycles. The predicted octanol–water partition coefficient (Wildman–Crippen LogP) is 3.28. The Morgan fingerprint density at radius 3 is 2.69 bits per heavy atom. The van der Waals surface area contributed by atoms with Crippen molar-refractivity contribution < 1.29 is 19.4 Å². The molecular weight excluding hydrogens is 330 g/mol. The molecule has 0 bridgehead atoms. The van der Waals surface area contributed by atoms with Gasteiger partial charge in [-0.1, -0.05) is 30.3 Å². The number of esters is 1. The number of aliphatic hydroxyl groups excluding tert-OH is 1. The fourth-order valence-electron chi connectivity index (χ4n) is 2.63. The molecule has 1 aromatic heterocycles. The minimum atomic E-state index is -1.18. The van der Waals surface area contributed by atoms with Crippen LogP contribution < -0.4 is 4.74 Å². The average Bonchev–Trinajstić information content (AvgIpc) is 2.67. The van der Waals surface area contributed by atoms with Gasteiger partial charge in [0, 0.05) is 24.1 Å². The zero-order chi connectivity index (χ0) is 18.4. The van der Waals surface area contributed by atoms with Crippen LogP contribution in [0.5, 0.6) is 5.75 Å². The first-order chi connectivity index (χ1) is 12.7. The lowest BCUT2D eigenvalue weighted by atomic mass is 10.1. The molecule has 0 spiro atoms. The summed E-state index contributed by atoms with van der Waals surface area (Å²) in [5.74, 6) is 0.130. The van der Waals surface area contributed by atoms with E-state index < -0.39 is 12.1 Å². The standard InChI is InChI=1S/C21H21NO4/c1-2-25-21(24)20(23)11-16-10-17-8-9-18(12-19(17)22-13-16)26-14-15-6-4-3-5-7-15/h3-10,12-13,20,23H,2,11,14H2,1H3. The van der Waals surface area contributed by atoms with Crippen LogP contribution in [-0.2, 0) is 22.6 Å². The molecule has 1 unspecified atom stereocenters. The van der Waals surface area contributed by atoms with Crippen LogP contribution in [-0.4, -0.2) is 28.8 Å². The van der Waals surface area contributed by atoms with Gasteiger partial charge < -0.3 is 14.6 Å². The Hall–Kier alpha value is -2.92. The zero-order valence-corrected chi connectivity index (χ0v) is 14.6. The van der Waals surface area contributed by atoms with Crippen LogP contribution >= 0.6 is 0 Å². The van der Waals surface area contributed by atoms with Gasteiger partial charge in [-0.25, -0.2) is 4.79 Å². The van der Waals surface area contributed by atoms with E-state index >= 15 is 0 Å². The minimum Gasteiger partial charge on any atom is -0.489 e. The van der Waals surface area contributed by atoms with E-state index in [1.165, 1.54) is 0 Å². The second-order valence-electron chi connectivity index (χ2n) is 5.94. The monoisotopic (exact) mass is 351 g/mol. The van der Waals surface area contributed by atoms with E-state index in [1.54, 1.807) is 13.1 Å². The highest BCUT2D eigenvalue weighted by Gasteiger charge is 2.17. The van der Waals surface area contributed by atoms with E-state index in [0.29, 0.717) is 6.61 Å². The second kappa shape index (κ2) is 8.45. The number of carbonyl (C=O) groups is 1. The summed E-state index contributed by atoms with van der Waals surface area (Å²) in [5.41, 5.74) is 2.67. The summed E-state index contributed by atoms with van der Waals surface area (Å²) in [6, 6.07) is 17.6. The van der Waals surface area contributed by atoms with Crippen molar-refractivity contribution in [2.24, 2.45) is 0 Å². The lowest BCUT2D eigenvalue weighted by molar-refractivity contribution is -0.152. The average molecular weight is 351 g/mol. The maximum Gasteiger partial charge on any atom is 0.335 e. The van der Waals surface area contributed by atoms with Crippen molar-refractivity contribution in [3.63, 3.8) is 0 Å². The number of fused-ring (bicyclic) bond motifs is 1. The van der Waals surface area contributed by atoms with Crippen molar-refractivity contribution in [2.45, 2.75) is 26.1 Å². The van der Waals surface area contributed by atoms with E-state index in [0.717, 1.165) is 27.8 Å². The second-order valence-corrected chi connectivity index (χ2v) is 5.94. The summed E-state index contributed by atoms with van der Waals surface area (Å²) in [6.45, 7) is 2.45. The zero-order valence-electron chi connectivity index (χ0n) is 14.6. The minimum absolute atomic E-state index is 0.175. The van der Waals surface area contributed by atoms with Crippen molar-refractivity contribution in [1.29, 1.82) is 0 Å². The molecule has 134 valence electrons. The molecule has 0 fully saturated rings. The summed E-state index contributed by atoms with van der Waals surface area (Å²) >= 11 is 0. The van der Waals surface area contributed by atoms with Crippen molar-refractivity contribution in [2.75, 3.05) is 6.61 Å². The van der Waals surface area contributed by atoms with E-state index in [4.69, 9.17) is 9.47 Å². The number of rotatable bonds is 7. The van der Waals surface area contributed by atoms with Gasteiger partial charge in [0.2, 0.25) is 0 Å². The fraction of sp³-hybridized carbons (Fsp3) is 0.238. The van der Waals surface area contributed by atoms with E-state index in [2.05, 4.69) is 4.98 Å². The van der Waals surface area contributed by atoms with Gasteiger partial charge in [0.25, 0.3) is 0 Å². The lowest BCUT2D eigenvalue weighted by Gasteiger charge is -2.10. The molecule has 0 aliphatic rings. The number of carbonyl (C=O) groups excluding carboxylic acids is 1. The molecule has 0 amide bonds. The summed E-state index contributed by atoms with van der Waals surface area (Å²) < 4.78 is 10.6. The molecule has 1 atom stereocenters. The van der Waals surface area contributed by atoms with E-state index in [1.807, 2.05) is 54.6 Å². The molecule has 0 saturated heterocycles. The number of pyridine rings is 1. The van der Waals surface area contributed by atoms with E-state index in [9.17, 15) is 9.90 Å². The Kier molecular flexibility index (Phi) is 5.81. The number of aromatic nitrogens is 1. The van der Waals surface area contributed by atoms with Crippen LogP contribution in [0.1, 0.15) is 18.1 Å². The molecule has 5 nitrogen and oxygen atoms in total. The van der Waals surface area contributed by atoms with Crippen LogP contribution in [0.4, 0.5) is 0 Å². The summed E-state index contributed by atoms with van der Waals surface area (Å²) in [5, 5.41) is 10.8. The summed E-state index contributed by atoms with van der Waals surface area (Å²) in [6.07, 6.45) is 0.655. The Balaban J connectivity index is 1.68. The normalized spacial score (nSPS) is 11.9. The first-order valence-electron chi connectivity index (χ1n) is 8.56. The van der Waals surface area contributed by atoms with Crippen LogP contribution in [0, 0.1) is 0 Å². The van der Waals surface area contributed by atoms with Crippen LogP contribution in [0.25, 0.3) is 10.9 Å². The van der Waals surface area contributed by atoms with Gasteiger partial charge in [-0.2, -0.15) is 0 Å². The third-order valence-electron chi connectivity index (χ3n) is 3.95. The molecular formula is C21H21NO4. The van der Waals surface area contributed by atoms with Crippen LogP contribution in [0.3, 0.4) is 0 Å². The highest BCUT2D eigenvalue weighted by molar-refractivity contribution is 5.81. The third kappa shape index (κ3) is 4.58. The molecule has 0 aliphatic carbocycles.